The highest BCUT2D eigenvalue weighted by molar-refractivity contribution is 6.31. The topological polar surface area (TPSA) is 50.2 Å². The van der Waals surface area contributed by atoms with Crippen LogP contribution in [0, 0.1) is 0 Å². The lowest BCUT2D eigenvalue weighted by Crippen LogP contribution is -2.29. The van der Waals surface area contributed by atoms with Gasteiger partial charge in [-0.25, -0.2) is 4.98 Å². The average Bonchev–Trinajstić information content (AvgIpc) is 2.27. The number of para-hydroxylation sites is 1. The van der Waals surface area contributed by atoms with E-state index < -0.39 is 11.4 Å². The van der Waals surface area contributed by atoms with Crippen LogP contribution in [-0.2, 0) is 10.2 Å². The molecule has 0 spiro atoms. The first kappa shape index (κ1) is 11.9. The van der Waals surface area contributed by atoms with E-state index in [4.69, 9.17) is 11.6 Å². The van der Waals surface area contributed by atoms with Gasteiger partial charge in [0.2, 0.25) is 0 Å². The molecule has 0 aliphatic heterocycles. The first-order chi connectivity index (χ1) is 7.93. The quantitative estimate of drug-likeness (QED) is 0.832. The van der Waals surface area contributed by atoms with Crippen molar-refractivity contribution in [1.82, 2.24) is 4.98 Å². The summed E-state index contributed by atoms with van der Waals surface area (Å²) in [4.78, 5) is 15.4. The lowest BCUT2D eigenvalue weighted by molar-refractivity contribution is -0.142. The largest absolute Gasteiger partial charge is 0.481 e. The van der Waals surface area contributed by atoms with E-state index in [9.17, 15) is 9.90 Å². The third-order valence-electron chi connectivity index (χ3n) is 2.89. The molecule has 1 aromatic heterocycles. The molecule has 0 radical (unpaired) electrons. The fourth-order valence-corrected chi connectivity index (χ4v) is 2.03. The van der Waals surface area contributed by atoms with Gasteiger partial charge in [0.1, 0.15) is 5.15 Å². The Labute approximate surface area is 104 Å². The highest BCUT2D eigenvalue weighted by atomic mass is 35.5. The Morgan fingerprint density at radius 2 is 2.00 bits per heavy atom. The first-order valence-corrected chi connectivity index (χ1v) is 5.60. The Hall–Kier alpha value is -1.61. The molecular weight excluding hydrogens is 238 g/mol. The minimum atomic E-state index is -1.05. The van der Waals surface area contributed by atoms with Crippen molar-refractivity contribution in [2.45, 2.75) is 19.3 Å². The maximum absolute atomic E-state index is 11.2. The summed E-state index contributed by atoms with van der Waals surface area (Å²) in [5.74, 6) is -0.920. The molecule has 0 aliphatic rings. The van der Waals surface area contributed by atoms with Gasteiger partial charge in [-0.05, 0) is 26.0 Å². The molecule has 17 heavy (non-hydrogen) atoms. The zero-order valence-corrected chi connectivity index (χ0v) is 10.3. The van der Waals surface area contributed by atoms with Gasteiger partial charge in [0.15, 0.2) is 0 Å². The minimum Gasteiger partial charge on any atom is -0.481 e. The predicted octanol–water partition coefficient (Wildman–Crippen LogP) is 3.25. The summed E-state index contributed by atoms with van der Waals surface area (Å²) >= 11 is 6.06. The van der Waals surface area contributed by atoms with Gasteiger partial charge in [0, 0.05) is 10.9 Å². The first-order valence-electron chi connectivity index (χ1n) is 5.22. The molecule has 2 rings (SSSR count). The molecule has 0 bridgehead atoms. The van der Waals surface area contributed by atoms with Crippen LogP contribution in [0.25, 0.3) is 10.9 Å². The van der Waals surface area contributed by atoms with Crippen LogP contribution in [0.5, 0.6) is 0 Å². The summed E-state index contributed by atoms with van der Waals surface area (Å²) in [7, 11) is 0. The van der Waals surface area contributed by atoms with Gasteiger partial charge in [-0.1, -0.05) is 29.8 Å². The van der Waals surface area contributed by atoms with E-state index >= 15 is 0 Å². The molecule has 0 saturated heterocycles. The van der Waals surface area contributed by atoms with Crippen molar-refractivity contribution < 1.29 is 9.90 Å². The van der Waals surface area contributed by atoms with Crippen LogP contribution in [0.4, 0.5) is 0 Å². The van der Waals surface area contributed by atoms with Crippen molar-refractivity contribution in [1.29, 1.82) is 0 Å². The van der Waals surface area contributed by atoms with Crippen LogP contribution in [0.15, 0.2) is 30.3 Å². The SMILES string of the molecule is CC(C)(C(=O)O)c1cc2ccccc2nc1Cl. The van der Waals surface area contributed by atoms with E-state index in [1.165, 1.54) is 0 Å². The van der Waals surface area contributed by atoms with Crippen molar-refractivity contribution in [3.05, 3.63) is 41.0 Å². The van der Waals surface area contributed by atoms with E-state index in [1.807, 2.05) is 24.3 Å². The molecule has 0 fully saturated rings. The lowest BCUT2D eigenvalue weighted by atomic mass is 9.85. The fraction of sp³-hybridized carbons (Fsp3) is 0.231. The normalized spacial score (nSPS) is 11.7. The maximum atomic E-state index is 11.2. The van der Waals surface area contributed by atoms with E-state index in [1.54, 1.807) is 19.9 Å². The average molecular weight is 250 g/mol. The van der Waals surface area contributed by atoms with Crippen molar-refractivity contribution in [3.8, 4) is 0 Å². The van der Waals surface area contributed by atoms with Crippen LogP contribution >= 0.6 is 11.6 Å². The maximum Gasteiger partial charge on any atom is 0.313 e. The van der Waals surface area contributed by atoms with Crippen molar-refractivity contribution >= 4 is 28.5 Å². The number of carboxylic acids is 1. The number of carboxylic acid groups (broad SMARTS) is 1. The van der Waals surface area contributed by atoms with Gasteiger partial charge in [-0.15, -0.1) is 0 Å². The molecule has 1 N–H and O–H groups in total. The number of benzene rings is 1. The van der Waals surface area contributed by atoms with Gasteiger partial charge >= 0.3 is 5.97 Å². The number of hydrogen-bond acceptors (Lipinski definition) is 2. The minimum absolute atomic E-state index is 0.246. The molecule has 0 unspecified atom stereocenters. The Morgan fingerprint density at radius 1 is 1.35 bits per heavy atom. The van der Waals surface area contributed by atoms with Crippen molar-refractivity contribution in [3.63, 3.8) is 0 Å². The monoisotopic (exact) mass is 249 g/mol. The second-order valence-electron chi connectivity index (χ2n) is 4.45. The molecule has 0 amide bonds. The summed E-state index contributed by atoms with van der Waals surface area (Å²) in [6, 6.07) is 9.28. The third kappa shape index (κ3) is 1.98. The molecule has 1 aromatic carbocycles. The van der Waals surface area contributed by atoms with Crippen LogP contribution in [-0.4, -0.2) is 16.1 Å². The summed E-state index contributed by atoms with van der Waals surface area (Å²) in [5, 5.41) is 10.3. The van der Waals surface area contributed by atoms with E-state index in [0.717, 1.165) is 10.9 Å². The summed E-state index contributed by atoms with van der Waals surface area (Å²) in [5.41, 5.74) is 0.251. The molecule has 0 atom stereocenters. The standard InChI is InChI=1S/C13H12ClNO2/c1-13(2,12(16)17)9-7-8-5-3-4-6-10(8)15-11(9)14/h3-7H,1-2H3,(H,16,17). The number of rotatable bonds is 2. The molecule has 0 saturated carbocycles. The zero-order valence-electron chi connectivity index (χ0n) is 9.57. The van der Waals surface area contributed by atoms with Crippen LogP contribution in [0.1, 0.15) is 19.4 Å². The van der Waals surface area contributed by atoms with Gasteiger partial charge < -0.3 is 5.11 Å². The summed E-state index contributed by atoms with van der Waals surface area (Å²) in [6.07, 6.45) is 0. The molecule has 0 aliphatic carbocycles. The Kier molecular flexibility index (Phi) is 2.79. The van der Waals surface area contributed by atoms with Gasteiger partial charge in [0.05, 0.1) is 10.9 Å². The fourth-order valence-electron chi connectivity index (χ4n) is 1.65. The number of nitrogens with zero attached hydrogens (tertiary/aromatic N) is 1. The highest BCUT2D eigenvalue weighted by Crippen LogP contribution is 2.31. The smallest absolute Gasteiger partial charge is 0.313 e. The highest BCUT2D eigenvalue weighted by Gasteiger charge is 2.32. The summed E-state index contributed by atoms with van der Waals surface area (Å²) in [6.45, 7) is 3.24. The van der Waals surface area contributed by atoms with E-state index in [-0.39, 0.29) is 5.15 Å². The van der Waals surface area contributed by atoms with Crippen LogP contribution in [0.2, 0.25) is 5.15 Å². The second kappa shape index (κ2) is 4.00. The van der Waals surface area contributed by atoms with E-state index in [2.05, 4.69) is 4.98 Å². The van der Waals surface area contributed by atoms with Gasteiger partial charge in [-0.2, -0.15) is 0 Å². The van der Waals surface area contributed by atoms with E-state index in [0.29, 0.717) is 5.56 Å². The van der Waals surface area contributed by atoms with Crippen LogP contribution < -0.4 is 0 Å². The molecule has 1 heterocycles. The third-order valence-corrected chi connectivity index (χ3v) is 3.17. The Morgan fingerprint density at radius 3 is 2.65 bits per heavy atom. The molecular formula is C13H12ClNO2. The number of aromatic nitrogens is 1. The Balaban J connectivity index is 2.70. The molecule has 88 valence electrons. The number of hydrogen-bond donors (Lipinski definition) is 1. The number of aliphatic carboxylic acids is 1. The number of halogens is 1. The second-order valence-corrected chi connectivity index (χ2v) is 4.81. The number of fused-ring (bicyclic) bond motifs is 1. The number of carbonyl (C=O) groups is 1. The van der Waals surface area contributed by atoms with Crippen molar-refractivity contribution in [2.75, 3.05) is 0 Å². The Bertz CT molecular complexity index is 593. The van der Waals surface area contributed by atoms with Crippen molar-refractivity contribution in [2.24, 2.45) is 0 Å². The van der Waals surface area contributed by atoms with Crippen LogP contribution in [0.3, 0.4) is 0 Å². The van der Waals surface area contributed by atoms with Gasteiger partial charge in [0.25, 0.3) is 0 Å². The molecule has 4 heteroatoms. The lowest BCUT2D eigenvalue weighted by Gasteiger charge is -2.20. The predicted molar refractivity (Wildman–Crippen MR) is 67.4 cm³/mol. The van der Waals surface area contributed by atoms with Gasteiger partial charge in [-0.3, -0.25) is 4.79 Å². The molecule has 3 nitrogen and oxygen atoms in total. The molecule has 2 aromatic rings. The number of pyridine rings is 1. The zero-order chi connectivity index (χ0) is 12.6. The summed E-state index contributed by atoms with van der Waals surface area (Å²) < 4.78 is 0.